The normalized spacial score (nSPS) is 16.5. The first-order valence-electron chi connectivity index (χ1n) is 7.61. The summed E-state index contributed by atoms with van der Waals surface area (Å²) >= 11 is 0. The maximum absolute atomic E-state index is 5.21. The number of likely N-dealkylation sites (N-methyl/N-ethyl adjacent to an activating group) is 2. The lowest BCUT2D eigenvalue weighted by molar-refractivity contribution is 0.0706. The summed E-state index contributed by atoms with van der Waals surface area (Å²) in [5.41, 5.74) is 1.45. The van der Waals surface area contributed by atoms with Crippen molar-refractivity contribution in [2.45, 2.75) is 59.0 Å². The van der Waals surface area contributed by atoms with E-state index in [1.54, 1.807) is 6.26 Å². The van der Waals surface area contributed by atoms with Crippen molar-refractivity contribution < 1.29 is 4.42 Å². The first-order valence-corrected chi connectivity index (χ1v) is 7.61. The molecule has 0 fully saturated rings. The average Bonchev–Trinajstić information content (AvgIpc) is 2.92. The van der Waals surface area contributed by atoms with Crippen molar-refractivity contribution in [3.8, 4) is 0 Å². The molecule has 0 radical (unpaired) electrons. The summed E-state index contributed by atoms with van der Waals surface area (Å²) in [5, 5.41) is 3.68. The van der Waals surface area contributed by atoms with Crippen molar-refractivity contribution in [2.75, 3.05) is 19.6 Å². The van der Waals surface area contributed by atoms with Crippen LogP contribution >= 0.6 is 0 Å². The van der Waals surface area contributed by atoms with Gasteiger partial charge in [-0.3, -0.25) is 4.90 Å². The number of rotatable bonds is 9. The molecule has 0 spiro atoms. The van der Waals surface area contributed by atoms with E-state index in [-0.39, 0.29) is 5.54 Å². The van der Waals surface area contributed by atoms with Crippen LogP contribution in [0.4, 0.5) is 0 Å². The molecule has 0 aromatic carbocycles. The van der Waals surface area contributed by atoms with Gasteiger partial charge in [-0.1, -0.05) is 27.7 Å². The fraction of sp³-hybridized carbons (Fsp3) is 0.750. The first kappa shape index (κ1) is 16.3. The zero-order valence-corrected chi connectivity index (χ0v) is 13.2. The zero-order valence-electron chi connectivity index (χ0n) is 13.2. The fourth-order valence-corrected chi connectivity index (χ4v) is 3.04. The molecule has 1 N–H and O–H groups in total. The molecule has 110 valence electrons. The smallest absolute Gasteiger partial charge is 0.0935 e. The second kappa shape index (κ2) is 7.71. The van der Waals surface area contributed by atoms with E-state index in [0.717, 1.165) is 32.5 Å². The minimum Gasteiger partial charge on any atom is -0.472 e. The maximum atomic E-state index is 5.21. The van der Waals surface area contributed by atoms with E-state index >= 15 is 0 Å². The molecule has 1 aromatic rings. The molecule has 3 nitrogen and oxygen atoms in total. The summed E-state index contributed by atoms with van der Waals surface area (Å²) in [6.07, 6.45) is 5.79. The second-order valence-corrected chi connectivity index (χ2v) is 5.33. The Morgan fingerprint density at radius 1 is 1.26 bits per heavy atom. The molecular formula is C16H30N2O. The summed E-state index contributed by atoms with van der Waals surface area (Å²) < 4.78 is 5.21. The SMILES string of the molecule is CCNC(Cc1ccoc1)C(C)(CC)N(CC)CC. The summed E-state index contributed by atoms with van der Waals surface area (Å²) in [6, 6.07) is 2.52. The third-order valence-corrected chi connectivity index (χ3v) is 4.42. The highest BCUT2D eigenvalue weighted by molar-refractivity contribution is 5.11. The molecule has 0 saturated heterocycles. The summed E-state index contributed by atoms with van der Waals surface area (Å²) in [6.45, 7) is 14.5. The van der Waals surface area contributed by atoms with Crippen molar-refractivity contribution >= 4 is 0 Å². The van der Waals surface area contributed by atoms with Gasteiger partial charge in [-0.15, -0.1) is 0 Å². The van der Waals surface area contributed by atoms with Gasteiger partial charge in [0.15, 0.2) is 0 Å². The van der Waals surface area contributed by atoms with Gasteiger partial charge in [0.25, 0.3) is 0 Å². The largest absolute Gasteiger partial charge is 0.472 e. The quantitative estimate of drug-likeness (QED) is 0.743. The van der Waals surface area contributed by atoms with Gasteiger partial charge in [-0.2, -0.15) is 0 Å². The van der Waals surface area contributed by atoms with Crippen LogP contribution in [0, 0.1) is 0 Å². The molecule has 1 rings (SSSR count). The Kier molecular flexibility index (Phi) is 6.59. The van der Waals surface area contributed by atoms with Crippen LogP contribution in [-0.2, 0) is 6.42 Å². The number of hydrogen-bond acceptors (Lipinski definition) is 3. The molecule has 1 heterocycles. The highest BCUT2D eigenvalue weighted by Gasteiger charge is 2.36. The van der Waals surface area contributed by atoms with Gasteiger partial charge < -0.3 is 9.73 Å². The number of nitrogens with one attached hydrogen (secondary N) is 1. The molecule has 1 aromatic heterocycles. The van der Waals surface area contributed by atoms with Crippen molar-refractivity contribution in [3.63, 3.8) is 0 Å². The third-order valence-electron chi connectivity index (χ3n) is 4.42. The average molecular weight is 266 g/mol. The van der Waals surface area contributed by atoms with Crippen molar-refractivity contribution in [3.05, 3.63) is 24.2 Å². The van der Waals surface area contributed by atoms with E-state index in [1.165, 1.54) is 5.56 Å². The Labute approximate surface area is 118 Å². The highest BCUT2D eigenvalue weighted by Crippen LogP contribution is 2.26. The van der Waals surface area contributed by atoms with Crippen LogP contribution in [0.5, 0.6) is 0 Å². The number of furan rings is 1. The Hall–Kier alpha value is -0.800. The predicted octanol–water partition coefficient (Wildman–Crippen LogP) is 3.31. The molecule has 19 heavy (non-hydrogen) atoms. The molecule has 2 unspecified atom stereocenters. The minimum atomic E-state index is 0.177. The standard InChI is InChI=1S/C16H30N2O/c1-6-16(5,18(8-3)9-4)15(17-7-2)12-14-10-11-19-13-14/h10-11,13,15,17H,6-9,12H2,1-5H3. The molecule has 0 bridgehead atoms. The Morgan fingerprint density at radius 2 is 1.95 bits per heavy atom. The van der Waals surface area contributed by atoms with Crippen molar-refractivity contribution in [2.24, 2.45) is 0 Å². The van der Waals surface area contributed by atoms with E-state index in [2.05, 4.69) is 50.9 Å². The lowest BCUT2D eigenvalue weighted by Crippen LogP contribution is -2.60. The summed E-state index contributed by atoms with van der Waals surface area (Å²) in [4.78, 5) is 2.57. The Balaban J connectivity index is 2.92. The fourth-order valence-electron chi connectivity index (χ4n) is 3.04. The monoisotopic (exact) mass is 266 g/mol. The van der Waals surface area contributed by atoms with Gasteiger partial charge in [0.05, 0.1) is 12.5 Å². The van der Waals surface area contributed by atoms with Crippen molar-refractivity contribution in [1.82, 2.24) is 10.2 Å². The van der Waals surface area contributed by atoms with Crippen LogP contribution in [0.15, 0.2) is 23.0 Å². The molecular weight excluding hydrogens is 236 g/mol. The van der Waals surface area contributed by atoms with E-state index in [0.29, 0.717) is 6.04 Å². The molecule has 3 heteroatoms. The molecule has 0 aliphatic carbocycles. The third kappa shape index (κ3) is 3.83. The topological polar surface area (TPSA) is 28.4 Å². The van der Waals surface area contributed by atoms with E-state index in [9.17, 15) is 0 Å². The van der Waals surface area contributed by atoms with E-state index < -0.39 is 0 Å². The lowest BCUT2D eigenvalue weighted by Gasteiger charge is -2.46. The summed E-state index contributed by atoms with van der Waals surface area (Å²) in [5.74, 6) is 0. The molecule has 0 amide bonds. The van der Waals surface area contributed by atoms with Crippen LogP contribution in [0.3, 0.4) is 0 Å². The van der Waals surface area contributed by atoms with Crippen LogP contribution in [-0.4, -0.2) is 36.1 Å². The van der Waals surface area contributed by atoms with Crippen LogP contribution in [0.25, 0.3) is 0 Å². The zero-order chi connectivity index (χ0) is 14.3. The van der Waals surface area contributed by atoms with Crippen LogP contribution < -0.4 is 5.32 Å². The second-order valence-electron chi connectivity index (χ2n) is 5.33. The van der Waals surface area contributed by atoms with Crippen molar-refractivity contribution in [1.29, 1.82) is 0 Å². The number of hydrogen-bond donors (Lipinski definition) is 1. The van der Waals surface area contributed by atoms with Crippen LogP contribution in [0.2, 0.25) is 0 Å². The van der Waals surface area contributed by atoms with Gasteiger partial charge in [0, 0.05) is 11.6 Å². The molecule has 0 saturated carbocycles. The molecule has 0 aliphatic rings. The highest BCUT2D eigenvalue weighted by atomic mass is 16.3. The van der Waals surface area contributed by atoms with Crippen LogP contribution in [0.1, 0.15) is 46.6 Å². The van der Waals surface area contributed by atoms with Gasteiger partial charge in [0.1, 0.15) is 0 Å². The van der Waals surface area contributed by atoms with E-state index in [4.69, 9.17) is 4.42 Å². The predicted molar refractivity (Wildman–Crippen MR) is 81.5 cm³/mol. The number of nitrogens with zero attached hydrogens (tertiary/aromatic N) is 1. The van der Waals surface area contributed by atoms with Gasteiger partial charge >= 0.3 is 0 Å². The minimum absolute atomic E-state index is 0.177. The van der Waals surface area contributed by atoms with Gasteiger partial charge in [-0.05, 0) is 51.0 Å². The summed E-state index contributed by atoms with van der Waals surface area (Å²) in [7, 11) is 0. The van der Waals surface area contributed by atoms with E-state index in [1.807, 2.05) is 6.26 Å². The van der Waals surface area contributed by atoms with Gasteiger partial charge in [0.2, 0.25) is 0 Å². The first-order chi connectivity index (χ1) is 9.12. The lowest BCUT2D eigenvalue weighted by atomic mass is 9.83. The Bertz CT molecular complexity index is 333. The maximum Gasteiger partial charge on any atom is 0.0935 e. The molecule has 2 atom stereocenters. The Morgan fingerprint density at radius 3 is 2.37 bits per heavy atom. The van der Waals surface area contributed by atoms with Gasteiger partial charge in [-0.25, -0.2) is 0 Å². The molecule has 0 aliphatic heterocycles.